The van der Waals surface area contributed by atoms with Crippen molar-refractivity contribution in [2.75, 3.05) is 13.7 Å². The number of hydrogen-bond donors (Lipinski definition) is 2. The first-order valence-corrected chi connectivity index (χ1v) is 2.95. The fraction of sp³-hybridized carbons (Fsp3) is 0.500. The van der Waals surface area contributed by atoms with E-state index in [9.17, 15) is 4.79 Å². The molecule has 0 aromatic rings. The Kier molecular flexibility index (Phi) is 4.11. The van der Waals surface area contributed by atoms with Gasteiger partial charge in [-0.15, -0.1) is 0 Å². The van der Waals surface area contributed by atoms with Crippen molar-refractivity contribution in [1.82, 2.24) is 5.32 Å². The smallest absolute Gasteiger partial charge is 0.357 e. The molecule has 0 bridgehead atoms. The lowest BCUT2D eigenvalue weighted by molar-refractivity contribution is -0.139. The Balaban J connectivity index is 3.91. The fourth-order valence-electron chi connectivity index (χ4n) is 0.428. The average Bonchev–Trinajstić information content (AvgIpc) is 1.91. The maximum Gasteiger partial charge on any atom is 0.357 e. The van der Waals surface area contributed by atoms with Crippen molar-refractivity contribution in [3.05, 3.63) is 12.0 Å². The second-order valence-electron chi connectivity index (χ2n) is 1.51. The van der Waals surface area contributed by atoms with Crippen molar-refractivity contribution in [2.24, 2.45) is 0 Å². The zero-order valence-electron chi connectivity index (χ0n) is 6.05. The SMILES string of the molecule is CCOC(=O)/C(=C/O)NC. The molecule has 4 nitrogen and oxygen atoms in total. The van der Waals surface area contributed by atoms with E-state index in [-0.39, 0.29) is 5.70 Å². The van der Waals surface area contributed by atoms with E-state index in [1.54, 1.807) is 6.92 Å². The molecule has 0 radical (unpaired) electrons. The number of esters is 1. The molecule has 0 aromatic heterocycles. The second kappa shape index (κ2) is 4.67. The van der Waals surface area contributed by atoms with Crippen molar-refractivity contribution >= 4 is 5.97 Å². The Labute approximate surface area is 59.5 Å². The Morgan fingerprint density at radius 1 is 1.80 bits per heavy atom. The number of carbonyl (C=O) groups excluding carboxylic acids is 1. The van der Waals surface area contributed by atoms with Crippen LogP contribution in [-0.4, -0.2) is 24.7 Å². The van der Waals surface area contributed by atoms with Gasteiger partial charge in [0.1, 0.15) is 6.26 Å². The topological polar surface area (TPSA) is 58.6 Å². The third-order valence-corrected chi connectivity index (χ3v) is 0.894. The molecule has 0 amide bonds. The molecule has 0 aliphatic rings. The van der Waals surface area contributed by atoms with Gasteiger partial charge in [-0.2, -0.15) is 0 Å². The first-order chi connectivity index (χ1) is 4.76. The number of nitrogens with one attached hydrogen (secondary N) is 1. The number of rotatable bonds is 3. The lowest BCUT2D eigenvalue weighted by atomic mass is 10.5. The van der Waals surface area contributed by atoms with Crippen LogP contribution in [0.25, 0.3) is 0 Å². The maximum atomic E-state index is 10.7. The molecular weight excluding hydrogens is 134 g/mol. The Bertz CT molecular complexity index is 142. The van der Waals surface area contributed by atoms with Crippen LogP contribution in [0.5, 0.6) is 0 Å². The van der Waals surface area contributed by atoms with Crippen molar-refractivity contribution in [3.8, 4) is 0 Å². The van der Waals surface area contributed by atoms with Gasteiger partial charge in [0.15, 0.2) is 5.70 Å². The molecule has 10 heavy (non-hydrogen) atoms. The van der Waals surface area contributed by atoms with E-state index < -0.39 is 5.97 Å². The molecule has 0 aliphatic heterocycles. The molecular formula is C6H11NO3. The van der Waals surface area contributed by atoms with Crippen LogP contribution < -0.4 is 5.32 Å². The molecule has 58 valence electrons. The number of carbonyl (C=O) groups is 1. The van der Waals surface area contributed by atoms with E-state index in [4.69, 9.17) is 5.11 Å². The predicted molar refractivity (Wildman–Crippen MR) is 36.4 cm³/mol. The number of hydrogen-bond acceptors (Lipinski definition) is 4. The molecule has 0 aromatic carbocycles. The summed E-state index contributed by atoms with van der Waals surface area (Å²) in [4.78, 5) is 10.7. The van der Waals surface area contributed by atoms with Gasteiger partial charge >= 0.3 is 5.97 Å². The van der Waals surface area contributed by atoms with Gasteiger partial charge < -0.3 is 15.2 Å². The van der Waals surface area contributed by atoms with Gasteiger partial charge in [-0.25, -0.2) is 4.79 Å². The summed E-state index contributed by atoms with van der Waals surface area (Å²) in [6.45, 7) is 2.00. The molecule has 0 saturated carbocycles. The van der Waals surface area contributed by atoms with Crippen LogP contribution in [0, 0.1) is 0 Å². The first kappa shape index (κ1) is 8.81. The van der Waals surface area contributed by atoms with Crippen LogP contribution in [-0.2, 0) is 9.53 Å². The van der Waals surface area contributed by atoms with Gasteiger partial charge in [-0.1, -0.05) is 0 Å². The van der Waals surface area contributed by atoms with Gasteiger partial charge in [0, 0.05) is 7.05 Å². The third-order valence-electron chi connectivity index (χ3n) is 0.894. The van der Waals surface area contributed by atoms with E-state index >= 15 is 0 Å². The van der Waals surface area contributed by atoms with E-state index in [1.165, 1.54) is 7.05 Å². The van der Waals surface area contributed by atoms with Crippen LogP contribution in [0.1, 0.15) is 6.92 Å². The lowest BCUT2D eigenvalue weighted by Gasteiger charge is -2.02. The molecule has 0 fully saturated rings. The van der Waals surface area contributed by atoms with Crippen molar-refractivity contribution in [2.45, 2.75) is 6.92 Å². The summed E-state index contributed by atoms with van der Waals surface area (Å²) in [5, 5.41) is 10.9. The number of aliphatic hydroxyl groups excluding tert-OH is 1. The molecule has 0 saturated heterocycles. The van der Waals surface area contributed by atoms with Crippen LogP contribution in [0.3, 0.4) is 0 Å². The summed E-state index contributed by atoms with van der Waals surface area (Å²) in [5.41, 5.74) is 0.0573. The normalized spacial score (nSPS) is 10.8. The zero-order chi connectivity index (χ0) is 7.98. The highest BCUT2D eigenvalue weighted by atomic mass is 16.5. The summed E-state index contributed by atoms with van der Waals surface area (Å²) in [5.74, 6) is -0.549. The summed E-state index contributed by atoms with van der Waals surface area (Å²) < 4.78 is 4.56. The van der Waals surface area contributed by atoms with Crippen molar-refractivity contribution in [3.63, 3.8) is 0 Å². The van der Waals surface area contributed by atoms with Crippen molar-refractivity contribution in [1.29, 1.82) is 0 Å². The average molecular weight is 145 g/mol. The minimum absolute atomic E-state index is 0.0573. The maximum absolute atomic E-state index is 10.7. The van der Waals surface area contributed by atoms with E-state index in [0.29, 0.717) is 12.9 Å². The number of likely N-dealkylation sites (N-methyl/N-ethyl adjacent to an activating group) is 1. The Hall–Kier alpha value is -1.19. The monoisotopic (exact) mass is 145 g/mol. The summed E-state index contributed by atoms with van der Waals surface area (Å²) in [6.07, 6.45) is 0.679. The summed E-state index contributed by atoms with van der Waals surface area (Å²) >= 11 is 0. The van der Waals surface area contributed by atoms with Crippen LogP contribution in [0.4, 0.5) is 0 Å². The second-order valence-corrected chi connectivity index (χ2v) is 1.51. The van der Waals surface area contributed by atoms with Gasteiger partial charge in [-0.05, 0) is 6.92 Å². The molecule has 0 heterocycles. The highest BCUT2D eigenvalue weighted by molar-refractivity contribution is 5.87. The van der Waals surface area contributed by atoms with Crippen LogP contribution in [0.2, 0.25) is 0 Å². The third kappa shape index (κ3) is 2.39. The zero-order valence-corrected chi connectivity index (χ0v) is 6.05. The fourth-order valence-corrected chi connectivity index (χ4v) is 0.428. The van der Waals surface area contributed by atoms with Crippen LogP contribution >= 0.6 is 0 Å². The number of aliphatic hydroxyl groups is 1. The Morgan fingerprint density at radius 2 is 2.40 bits per heavy atom. The van der Waals surface area contributed by atoms with Gasteiger partial charge in [0.05, 0.1) is 6.61 Å². The molecule has 4 heteroatoms. The van der Waals surface area contributed by atoms with E-state index in [1.807, 2.05) is 0 Å². The highest BCUT2D eigenvalue weighted by Gasteiger charge is 2.06. The van der Waals surface area contributed by atoms with Gasteiger partial charge in [0.2, 0.25) is 0 Å². The quantitative estimate of drug-likeness (QED) is 0.337. The Morgan fingerprint density at radius 3 is 2.70 bits per heavy atom. The summed E-state index contributed by atoms with van der Waals surface area (Å²) in [6, 6.07) is 0. The molecule has 0 atom stereocenters. The van der Waals surface area contributed by atoms with E-state index in [0.717, 1.165) is 0 Å². The molecule has 0 spiro atoms. The summed E-state index contributed by atoms with van der Waals surface area (Å²) in [7, 11) is 1.53. The van der Waals surface area contributed by atoms with Crippen LogP contribution in [0.15, 0.2) is 12.0 Å². The number of ether oxygens (including phenoxy) is 1. The van der Waals surface area contributed by atoms with Gasteiger partial charge in [-0.3, -0.25) is 0 Å². The predicted octanol–water partition coefficient (Wildman–Crippen LogP) is 0.168. The first-order valence-electron chi connectivity index (χ1n) is 2.95. The lowest BCUT2D eigenvalue weighted by Crippen LogP contribution is -2.18. The molecule has 0 aliphatic carbocycles. The molecule has 2 N–H and O–H groups in total. The van der Waals surface area contributed by atoms with Crippen molar-refractivity contribution < 1.29 is 14.6 Å². The largest absolute Gasteiger partial charge is 0.513 e. The standard InChI is InChI=1S/C6H11NO3/c1-3-10-6(9)5(4-8)7-2/h4,7-8H,3H2,1-2H3/b5-4-. The minimum Gasteiger partial charge on any atom is -0.513 e. The highest BCUT2D eigenvalue weighted by Crippen LogP contribution is 1.89. The molecule has 0 unspecified atom stereocenters. The van der Waals surface area contributed by atoms with Gasteiger partial charge in [0.25, 0.3) is 0 Å². The minimum atomic E-state index is -0.549. The van der Waals surface area contributed by atoms with E-state index in [2.05, 4.69) is 10.1 Å². The molecule has 0 rings (SSSR count).